The summed E-state index contributed by atoms with van der Waals surface area (Å²) in [5.41, 5.74) is 2.60. The Morgan fingerprint density at radius 2 is 1.82 bits per heavy atom. The summed E-state index contributed by atoms with van der Waals surface area (Å²) >= 11 is 1.19. The molecule has 0 fully saturated rings. The predicted octanol–water partition coefficient (Wildman–Crippen LogP) is 4.20. The summed E-state index contributed by atoms with van der Waals surface area (Å²) in [5, 5.41) is 10.2. The lowest BCUT2D eigenvalue weighted by molar-refractivity contribution is -0.138. The number of fused-ring (bicyclic) bond motifs is 1. The summed E-state index contributed by atoms with van der Waals surface area (Å²) in [5.74, 6) is 0.561. The quantitative estimate of drug-likeness (QED) is 0.327. The minimum absolute atomic E-state index is 0.0641. The molecule has 1 aliphatic rings. The van der Waals surface area contributed by atoms with Crippen LogP contribution in [0.1, 0.15) is 36.6 Å². The van der Waals surface area contributed by atoms with Crippen LogP contribution in [0, 0.1) is 0 Å². The summed E-state index contributed by atoms with van der Waals surface area (Å²) in [6, 6.07) is 21.3. The molecule has 4 aromatic rings. The third kappa shape index (κ3) is 5.28. The third-order valence-electron chi connectivity index (χ3n) is 6.50. The first-order valence-electron chi connectivity index (χ1n) is 12.7. The number of thiazole rings is 1. The van der Waals surface area contributed by atoms with Crippen molar-refractivity contribution in [3.05, 3.63) is 115 Å². The van der Waals surface area contributed by atoms with Crippen LogP contribution in [0.2, 0.25) is 0 Å². The fraction of sp³-hybridized carbons (Fsp3) is 0.194. The number of phenolic OH excluding ortho intramolecular Hbond substituents is 1. The summed E-state index contributed by atoms with van der Waals surface area (Å²) < 4.78 is 18.8. The summed E-state index contributed by atoms with van der Waals surface area (Å²) in [4.78, 5) is 31.9. The van der Waals surface area contributed by atoms with Gasteiger partial charge in [-0.15, -0.1) is 0 Å². The number of hydrogen-bond acceptors (Lipinski definition) is 8. The SMILES string of the molecule is CCOC(=O)C1=C(C)n2c(s/c(=C\c3ccccc3O)c2=O)=N[C@H]1c1ccc(OCc2ccccc2)c(OC)c1. The number of nitrogens with zero attached hydrogens (tertiary/aromatic N) is 2. The van der Waals surface area contributed by atoms with Crippen LogP contribution in [0.3, 0.4) is 0 Å². The lowest BCUT2D eigenvalue weighted by Gasteiger charge is -2.23. The van der Waals surface area contributed by atoms with Gasteiger partial charge in [-0.2, -0.15) is 0 Å². The van der Waals surface area contributed by atoms with Gasteiger partial charge in [0, 0.05) is 11.3 Å². The standard InChI is InChI=1S/C31H28N2O6S/c1-4-38-30(36)27-19(2)33-29(35)26(17-21-12-8-9-13-23(21)34)40-31(33)32-28(27)22-14-15-24(25(16-22)37-3)39-18-20-10-6-5-7-11-20/h5-17,28,34H,4,18H2,1-3H3/b26-17-/t28-/m0/s1. The maximum atomic E-state index is 13.4. The van der Waals surface area contributed by atoms with E-state index < -0.39 is 12.0 Å². The van der Waals surface area contributed by atoms with Crippen LogP contribution in [0.5, 0.6) is 17.2 Å². The minimum atomic E-state index is -0.729. The van der Waals surface area contributed by atoms with E-state index in [2.05, 4.69) is 0 Å². The molecule has 5 rings (SSSR count). The molecule has 204 valence electrons. The van der Waals surface area contributed by atoms with Crippen LogP contribution in [-0.2, 0) is 16.1 Å². The molecule has 1 atom stereocenters. The van der Waals surface area contributed by atoms with Crippen LogP contribution in [-0.4, -0.2) is 29.4 Å². The molecular formula is C31H28N2O6S. The number of benzene rings is 3. The van der Waals surface area contributed by atoms with Crippen molar-refractivity contribution in [2.75, 3.05) is 13.7 Å². The molecule has 1 aliphatic heterocycles. The van der Waals surface area contributed by atoms with E-state index in [1.165, 1.54) is 15.9 Å². The van der Waals surface area contributed by atoms with Crippen molar-refractivity contribution in [3.8, 4) is 17.2 Å². The highest BCUT2D eigenvalue weighted by molar-refractivity contribution is 7.07. The normalized spacial score (nSPS) is 14.9. The summed E-state index contributed by atoms with van der Waals surface area (Å²) in [7, 11) is 1.55. The number of aromatic hydroxyl groups is 1. The molecule has 0 unspecified atom stereocenters. The predicted molar refractivity (Wildman–Crippen MR) is 153 cm³/mol. The molecule has 40 heavy (non-hydrogen) atoms. The molecular weight excluding hydrogens is 528 g/mol. The Bertz CT molecular complexity index is 1770. The van der Waals surface area contributed by atoms with Crippen molar-refractivity contribution in [3.63, 3.8) is 0 Å². The third-order valence-corrected chi connectivity index (χ3v) is 7.49. The van der Waals surface area contributed by atoms with E-state index in [9.17, 15) is 14.7 Å². The van der Waals surface area contributed by atoms with Crippen molar-refractivity contribution in [2.24, 2.45) is 4.99 Å². The van der Waals surface area contributed by atoms with Gasteiger partial charge >= 0.3 is 5.97 Å². The number of allylic oxidation sites excluding steroid dienone is 1. The lowest BCUT2D eigenvalue weighted by atomic mass is 9.96. The minimum Gasteiger partial charge on any atom is -0.507 e. The van der Waals surface area contributed by atoms with E-state index in [0.717, 1.165) is 5.56 Å². The maximum absolute atomic E-state index is 13.4. The average Bonchev–Trinajstić information content (AvgIpc) is 3.28. The molecule has 1 N–H and O–H groups in total. The van der Waals surface area contributed by atoms with Gasteiger partial charge < -0.3 is 19.3 Å². The van der Waals surface area contributed by atoms with Gasteiger partial charge in [0.05, 0.1) is 23.8 Å². The van der Waals surface area contributed by atoms with Crippen LogP contribution in [0.15, 0.2) is 88.2 Å². The van der Waals surface area contributed by atoms with E-state index in [1.807, 2.05) is 36.4 Å². The topological polar surface area (TPSA) is 99.4 Å². The molecule has 8 nitrogen and oxygen atoms in total. The number of para-hydroxylation sites is 1. The average molecular weight is 557 g/mol. The van der Waals surface area contributed by atoms with Gasteiger partial charge in [-0.05, 0) is 49.2 Å². The second-order valence-corrected chi connectivity index (χ2v) is 10.0. The van der Waals surface area contributed by atoms with Crippen molar-refractivity contribution in [2.45, 2.75) is 26.5 Å². The highest BCUT2D eigenvalue weighted by Gasteiger charge is 2.32. The zero-order valence-electron chi connectivity index (χ0n) is 22.3. The van der Waals surface area contributed by atoms with Crippen molar-refractivity contribution >= 4 is 29.1 Å². The first-order valence-corrected chi connectivity index (χ1v) is 13.5. The monoisotopic (exact) mass is 556 g/mol. The van der Waals surface area contributed by atoms with Gasteiger partial charge in [0.15, 0.2) is 16.3 Å². The molecule has 1 aromatic heterocycles. The number of carbonyl (C=O) groups excluding carboxylic acids is 1. The number of aromatic nitrogens is 1. The number of hydrogen-bond donors (Lipinski definition) is 1. The van der Waals surface area contributed by atoms with Crippen molar-refractivity contribution in [1.82, 2.24) is 4.57 Å². The van der Waals surface area contributed by atoms with E-state index in [1.54, 1.807) is 63.4 Å². The number of methoxy groups -OCH3 is 1. The Hall–Kier alpha value is -4.63. The smallest absolute Gasteiger partial charge is 0.338 e. The molecule has 0 spiro atoms. The molecule has 0 saturated heterocycles. The number of ether oxygens (including phenoxy) is 3. The van der Waals surface area contributed by atoms with E-state index >= 15 is 0 Å². The fourth-order valence-electron chi connectivity index (χ4n) is 4.52. The Labute approximate surface area is 234 Å². The highest BCUT2D eigenvalue weighted by Crippen LogP contribution is 2.37. The first kappa shape index (κ1) is 27.0. The van der Waals surface area contributed by atoms with E-state index in [0.29, 0.717) is 44.3 Å². The van der Waals surface area contributed by atoms with Gasteiger partial charge in [0.1, 0.15) is 18.4 Å². The molecule has 0 aliphatic carbocycles. The zero-order valence-corrected chi connectivity index (χ0v) is 23.1. The fourth-order valence-corrected chi connectivity index (χ4v) is 5.55. The van der Waals surface area contributed by atoms with E-state index in [4.69, 9.17) is 19.2 Å². The van der Waals surface area contributed by atoms with Crippen molar-refractivity contribution in [1.29, 1.82) is 0 Å². The number of esters is 1. The molecule has 3 aromatic carbocycles. The Kier molecular flexibility index (Phi) is 7.84. The molecule has 0 bridgehead atoms. The van der Waals surface area contributed by atoms with Gasteiger partial charge in [0.2, 0.25) is 0 Å². The van der Waals surface area contributed by atoms with Gasteiger partial charge in [-0.25, -0.2) is 9.79 Å². The first-order chi connectivity index (χ1) is 19.4. The summed E-state index contributed by atoms with van der Waals surface area (Å²) in [6.07, 6.45) is 1.62. The van der Waals surface area contributed by atoms with E-state index in [-0.39, 0.29) is 23.5 Å². The van der Waals surface area contributed by atoms with Crippen LogP contribution in [0.4, 0.5) is 0 Å². The van der Waals surface area contributed by atoms with Crippen LogP contribution < -0.4 is 24.4 Å². The van der Waals surface area contributed by atoms with Crippen LogP contribution >= 0.6 is 11.3 Å². The van der Waals surface area contributed by atoms with Crippen LogP contribution in [0.25, 0.3) is 11.8 Å². The second kappa shape index (κ2) is 11.6. The summed E-state index contributed by atoms with van der Waals surface area (Å²) in [6.45, 7) is 3.99. The Balaban J connectivity index is 1.60. The van der Waals surface area contributed by atoms with Gasteiger partial charge in [0.25, 0.3) is 5.56 Å². The second-order valence-electron chi connectivity index (χ2n) is 9.03. The molecule has 2 heterocycles. The largest absolute Gasteiger partial charge is 0.507 e. The lowest BCUT2D eigenvalue weighted by Crippen LogP contribution is -2.35. The number of carbonyl (C=O) groups is 1. The molecule has 0 amide bonds. The van der Waals surface area contributed by atoms with Gasteiger partial charge in [-0.1, -0.05) is 65.9 Å². The Morgan fingerprint density at radius 3 is 2.55 bits per heavy atom. The Morgan fingerprint density at radius 1 is 1.07 bits per heavy atom. The highest BCUT2D eigenvalue weighted by atomic mass is 32.1. The zero-order chi connectivity index (χ0) is 28.2. The van der Waals surface area contributed by atoms with Crippen molar-refractivity contribution < 1.29 is 24.1 Å². The maximum Gasteiger partial charge on any atom is 0.338 e. The number of rotatable bonds is 8. The molecule has 9 heteroatoms. The molecule has 0 saturated carbocycles. The van der Waals surface area contributed by atoms with Gasteiger partial charge in [-0.3, -0.25) is 9.36 Å². The number of phenols is 1. The molecule has 0 radical (unpaired) electrons.